The molecule has 0 aliphatic carbocycles. The molecule has 1 amide bonds. The highest BCUT2D eigenvalue weighted by Gasteiger charge is 2.20. The van der Waals surface area contributed by atoms with Crippen LogP contribution in [-0.2, 0) is 0 Å². The van der Waals surface area contributed by atoms with Crippen LogP contribution in [0.2, 0.25) is 0 Å². The maximum absolute atomic E-state index is 12.7. The van der Waals surface area contributed by atoms with Crippen molar-refractivity contribution in [2.24, 2.45) is 0 Å². The fourth-order valence-corrected chi connectivity index (χ4v) is 2.54. The molecule has 0 saturated heterocycles. The number of hydrogen-bond acceptors (Lipinski definition) is 4. The molecule has 6 heteroatoms. The molecule has 1 unspecified atom stereocenters. The molecule has 0 radical (unpaired) electrons. The number of para-hydroxylation sites is 1. The van der Waals surface area contributed by atoms with Gasteiger partial charge in [-0.3, -0.25) is 9.36 Å². The molecule has 0 aliphatic rings. The van der Waals surface area contributed by atoms with E-state index in [-0.39, 0.29) is 17.7 Å². The molecule has 122 valence electrons. The molecule has 0 bridgehead atoms. The van der Waals surface area contributed by atoms with E-state index in [1.807, 2.05) is 31.2 Å². The van der Waals surface area contributed by atoms with Crippen molar-refractivity contribution in [3.8, 4) is 11.4 Å². The number of benzene rings is 2. The number of carbonyl (C=O) groups is 1. The standard InChI is InChI=1S/C18H18N4O2/c1-13(16-5-3-4-6-17(16)23)21(2)18(24)14-7-9-15(10-8-14)22-11-19-20-12-22/h3-13,23H,1-2H3. The lowest BCUT2D eigenvalue weighted by atomic mass is 10.0. The summed E-state index contributed by atoms with van der Waals surface area (Å²) in [5.74, 6) is 0.0775. The number of nitrogens with zero attached hydrogens (tertiary/aromatic N) is 4. The fourth-order valence-electron chi connectivity index (χ4n) is 2.54. The normalized spacial score (nSPS) is 11.9. The molecule has 0 saturated carbocycles. The van der Waals surface area contributed by atoms with E-state index < -0.39 is 0 Å². The molecule has 1 atom stereocenters. The molecule has 1 heterocycles. The highest BCUT2D eigenvalue weighted by atomic mass is 16.3. The summed E-state index contributed by atoms with van der Waals surface area (Å²) in [6.45, 7) is 1.89. The van der Waals surface area contributed by atoms with Crippen LogP contribution in [0, 0.1) is 0 Å². The summed E-state index contributed by atoms with van der Waals surface area (Å²) < 4.78 is 1.77. The summed E-state index contributed by atoms with van der Waals surface area (Å²) in [6, 6.07) is 14.0. The SMILES string of the molecule is CC(c1ccccc1O)N(C)C(=O)c1ccc(-n2cnnc2)cc1. The molecule has 0 fully saturated rings. The Kier molecular flexibility index (Phi) is 4.29. The van der Waals surface area contributed by atoms with Gasteiger partial charge in [0.15, 0.2) is 0 Å². The van der Waals surface area contributed by atoms with Gasteiger partial charge in [0.25, 0.3) is 5.91 Å². The summed E-state index contributed by atoms with van der Waals surface area (Å²) in [5, 5.41) is 17.5. The van der Waals surface area contributed by atoms with Gasteiger partial charge in [0.1, 0.15) is 18.4 Å². The molecule has 3 aromatic rings. The number of phenolic OH excluding ortho intramolecular Hbond substituents is 1. The highest BCUT2D eigenvalue weighted by Crippen LogP contribution is 2.28. The van der Waals surface area contributed by atoms with Crippen molar-refractivity contribution in [3.05, 3.63) is 72.3 Å². The quantitative estimate of drug-likeness (QED) is 0.802. The van der Waals surface area contributed by atoms with Crippen LogP contribution in [0.5, 0.6) is 5.75 Å². The van der Waals surface area contributed by atoms with Gasteiger partial charge in [-0.25, -0.2) is 0 Å². The zero-order valence-corrected chi connectivity index (χ0v) is 13.5. The Labute approximate surface area is 140 Å². The topological polar surface area (TPSA) is 71.2 Å². The molecule has 24 heavy (non-hydrogen) atoms. The second kappa shape index (κ2) is 6.54. The van der Waals surface area contributed by atoms with Gasteiger partial charge in [0.05, 0.1) is 6.04 Å². The van der Waals surface area contributed by atoms with E-state index in [0.29, 0.717) is 5.56 Å². The predicted octanol–water partition coefficient (Wildman–Crippen LogP) is 2.81. The zero-order valence-electron chi connectivity index (χ0n) is 13.5. The monoisotopic (exact) mass is 322 g/mol. The Balaban J connectivity index is 1.79. The first-order valence-electron chi connectivity index (χ1n) is 7.58. The van der Waals surface area contributed by atoms with Gasteiger partial charge in [0.2, 0.25) is 0 Å². The Morgan fingerprint density at radius 2 is 1.71 bits per heavy atom. The fraction of sp³-hybridized carbons (Fsp3) is 0.167. The van der Waals surface area contributed by atoms with Crippen molar-refractivity contribution in [1.82, 2.24) is 19.7 Å². The first kappa shape index (κ1) is 15.7. The third kappa shape index (κ3) is 2.99. The molecule has 1 N–H and O–H groups in total. The van der Waals surface area contributed by atoms with E-state index in [9.17, 15) is 9.90 Å². The van der Waals surface area contributed by atoms with Gasteiger partial charge in [-0.1, -0.05) is 18.2 Å². The molecule has 2 aromatic carbocycles. The lowest BCUT2D eigenvalue weighted by Gasteiger charge is -2.26. The van der Waals surface area contributed by atoms with E-state index in [1.165, 1.54) is 0 Å². The van der Waals surface area contributed by atoms with Crippen LogP contribution in [0.3, 0.4) is 0 Å². The minimum Gasteiger partial charge on any atom is -0.508 e. The Hall–Kier alpha value is -3.15. The van der Waals surface area contributed by atoms with Crippen LogP contribution in [0.1, 0.15) is 28.9 Å². The Morgan fingerprint density at radius 3 is 2.33 bits per heavy atom. The summed E-state index contributed by atoms with van der Waals surface area (Å²) in [4.78, 5) is 14.3. The molecule has 0 spiro atoms. The largest absolute Gasteiger partial charge is 0.508 e. The van der Waals surface area contributed by atoms with Crippen molar-refractivity contribution >= 4 is 5.91 Å². The predicted molar refractivity (Wildman–Crippen MR) is 90.0 cm³/mol. The third-order valence-electron chi connectivity index (χ3n) is 4.12. The summed E-state index contributed by atoms with van der Waals surface area (Å²) in [7, 11) is 1.73. The summed E-state index contributed by atoms with van der Waals surface area (Å²) in [6.07, 6.45) is 3.20. The third-order valence-corrected chi connectivity index (χ3v) is 4.12. The number of aromatic nitrogens is 3. The van der Waals surface area contributed by atoms with Crippen LogP contribution < -0.4 is 0 Å². The van der Waals surface area contributed by atoms with Gasteiger partial charge in [-0.15, -0.1) is 10.2 Å². The van der Waals surface area contributed by atoms with Crippen LogP contribution in [-0.4, -0.2) is 37.7 Å². The van der Waals surface area contributed by atoms with Gasteiger partial charge in [0, 0.05) is 23.9 Å². The zero-order chi connectivity index (χ0) is 17.1. The highest BCUT2D eigenvalue weighted by molar-refractivity contribution is 5.94. The first-order valence-corrected chi connectivity index (χ1v) is 7.58. The Morgan fingerprint density at radius 1 is 1.08 bits per heavy atom. The summed E-state index contributed by atoms with van der Waals surface area (Å²) >= 11 is 0. The molecule has 0 aliphatic heterocycles. The van der Waals surface area contributed by atoms with Crippen LogP contribution in [0.4, 0.5) is 0 Å². The van der Waals surface area contributed by atoms with Gasteiger partial charge in [-0.05, 0) is 37.3 Å². The molecular formula is C18H18N4O2. The summed E-state index contributed by atoms with van der Waals surface area (Å²) in [5.41, 5.74) is 2.18. The van der Waals surface area contributed by atoms with Gasteiger partial charge in [-0.2, -0.15) is 0 Å². The smallest absolute Gasteiger partial charge is 0.254 e. The van der Waals surface area contributed by atoms with E-state index >= 15 is 0 Å². The number of hydrogen-bond donors (Lipinski definition) is 1. The van der Waals surface area contributed by atoms with Gasteiger partial charge >= 0.3 is 0 Å². The van der Waals surface area contributed by atoms with Crippen molar-refractivity contribution in [1.29, 1.82) is 0 Å². The van der Waals surface area contributed by atoms with Crippen LogP contribution >= 0.6 is 0 Å². The lowest BCUT2D eigenvalue weighted by molar-refractivity contribution is 0.0741. The van der Waals surface area contributed by atoms with E-state index in [1.54, 1.807) is 53.4 Å². The number of rotatable bonds is 4. The van der Waals surface area contributed by atoms with Crippen LogP contribution in [0.15, 0.2) is 61.2 Å². The van der Waals surface area contributed by atoms with E-state index in [0.717, 1.165) is 11.3 Å². The Bertz CT molecular complexity index is 828. The van der Waals surface area contributed by atoms with Crippen molar-refractivity contribution in [2.75, 3.05) is 7.05 Å². The van der Waals surface area contributed by atoms with Crippen molar-refractivity contribution < 1.29 is 9.90 Å². The molecule has 6 nitrogen and oxygen atoms in total. The molecule has 3 rings (SSSR count). The van der Waals surface area contributed by atoms with Crippen LogP contribution in [0.25, 0.3) is 5.69 Å². The van der Waals surface area contributed by atoms with E-state index in [2.05, 4.69) is 10.2 Å². The number of carbonyl (C=O) groups excluding carboxylic acids is 1. The number of phenols is 1. The number of amides is 1. The molecular weight excluding hydrogens is 304 g/mol. The lowest BCUT2D eigenvalue weighted by Crippen LogP contribution is -2.29. The first-order chi connectivity index (χ1) is 11.6. The maximum atomic E-state index is 12.7. The number of aromatic hydroxyl groups is 1. The van der Waals surface area contributed by atoms with Crippen molar-refractivity contribution in [2.45, 2.75) is 13.0 Å². The second-order valence-electron chi connectivity index (χ2n) is 5.57. The minimum absolute atomic E-state index is 0.110. The minimum atomic E-state index is -0.240. The average Bonchev–Trinajstić information content (AvgIpc) is 3.15. The maximum Gasteiger partial charge on any atom is 0.254 e. The van der Waals surface area contributed by atoms with Crippen molar-refractivity contribution in [3.63, 3.8) is 0 Å². The molecule has 1 aromatic heterocycles. The van der Waals surface area contributed by atoms with Gasteiger partial charge < -0.3 is 10.0 Å². The average molecular weight is 322 g/mol. The van der Waals surface area contributed by atoms with E-state index in [4.69, 9.17) is 0 Å². The second-order valence-corrected chi connectivity index (χ2v) is 5.57.